The monoisotopic (exact) mass is 1570 g/mol. The van der Waals surface area contributed by atoms with Gasteiger partial charge in [-0.3, -0.25) is 47.3 Å². The van der Waals surface area contributed by atoms with Crippen LogP contribution in [0.5, 0.6) is 0 Å². The molecule has 18 fully saturated rings. The van der Waals surface area contributed by atoms with Crippen LogP contribution in [0.4, 0.5) is 0 Å². The van der Waals surface area contributed by atoms with Gasteiger partial charge >= 0.3 is 53.7 Å². The summed E-state index contributed by atoms with van der Waals surface area (Å²) in [7, 11) is -3.43. The lowest BCUT2D eigenvalue weighted by atomic mass is 9.50. The maximum Gasteiger partial charge on any atom is 0.327 e. The zero-order valence-electron chi connectivity index (χ0n) is 68.5. The Balaban J connectivity index is 0.000000131. The van der Waals surface area contributed by atoms with Gasteiger partial charge in [-0.2, -0.15) is 13.7 Å². The number of fused-ring (bicyclic) bond motifs is 3. The molecule has 3 N–H and O–H groups in total. The maximum absolute atomic E-state index is 12.4. The van der Waals surface area contributed by atoms with E-state index in [0.717, 1.165) is 89.9 Å². The molecule has 0 aromatic rings. The van der Waals surface area contributed by atoms with Crippen LogP contribution in [0.2, 0.25) is 0 Å². The van der Waals surface area contributed by atoms with Gasteiger partial charge in [-0.1, -0.05) is 41.5 Å². The predicted octanol–water partition coefficient (Wildman–Crippen LogP) is 11.7. The minimum Gasteiger partial charge on any atom is -0.462 e. The van der Waals surface area contributed by atoms with Gasteiger partial charge < -0.3 is 58.0 Å². The van der Waals surface area contributed by atoms with E-state index < -0.39 is 88.6 Å². The second-order valence-electron chi connectivity index (χ2n) is 40.4. The SMILES string of the molecule is CCC(C)(C)C(=O)OC12CC3CC(CC(O)(C3)C1)C2.CCC(C)(C)C(=O)OC12CC3CC(O)(CC(O)(C3)C1)C2.CCC(C)(C)C(=O)OC1C2CC3C(=O)OC1C3C2.CCC(C)(C)C(=O)OC1C2CC3C1OC(=O)C3(C#N)C2.CCC(C)(C)C(=O)OC1C2CC3C1OS(=O)(=O)C3C2.CCC(C)(C)C(=O)OC1COC(=O)C1. The highest BCUT2D eigenvalue weighted by molar-refractivity contribution is 7.87. The Morgan fingerprint density at radius 2 is 0.900 bits per heavy atom. The molecule has 14 bridgehead atoms. The molecule has 0 spiro atoms. The van der Waals surface area contributed by atoms with E-state index in [9.17, 15) is 72.2 Å². The second-order valence-corrected chi connectivity index (χ2v) is 42.2. The van der Waals surface area contributed by atoms with Crippen molar-refractivity contribution in [3.8, 4) is 6.07 Å². The van der Waals surface area contributed by atoms with Crippen LogP contribution in [-0.4, -0.2) is 160 Å². The first-order chi connectivity index (χ1) is 50.9. The Morgan fingerprint density at radius 1 is 0.473 bits per heavy atom. The largest absolute Gasteiger partial charge is 0.462 e. The number of rotatable bonds is 18. The molecule has 18 aliphatic rings. The van der Waals surface area contributed by atoms with Gasteiger partial charge in [0.2, 0.25) is 0 Å². The zero-order chi connectivity index (χ0) is 81.3. The van der Waals surface area contributed by atoms with Crippen LogP contribution in [0, 0.1) is 108 Å². The first kappa shape index (κ1) is 85.4. The molecular formula is C84H127NO24S. The molecule has 618 valence electrons. The molecule has 4 heterocycles. The van der Waals surface area contributed by atoms with Gasteiger partial charge in [-0.05, 0) is 229 Å². The summed E-state index contributed by atoms with van der Waals surface area (Å²) in [6, 6.07) is 2.15. The molecule has 110 heavy (non-hydrogen) atoms. The minimum absolute atomic E-state index is 0.0255. The summed E-state index contributed by atoms with van der Waals surface area (Å²) < 4.78 is 78.1. The number of carbonyl (C=O) groups is 9. The summed E-state index contributed by atoms with van der Waals surface area (Å²) in [5, 5.41) is 40.9. The number of nitrogens with zero attached hydrogens (tertiary/aromatic N) is 1. The molecule has 20 atom stereocenters. The summed E-state index contributed by atoms with van der Waals surface area (Å²) in [5.41, 5.74) is -7.13. The molecule has 4 saturated heterocycles. The van der Waals surface area contributed by atoms with Crippen LogP contribution < -0.4 is 0 Å². The van der Waals surface area contributed by atoms with Gasteiger partial charge in [0.05, 0.1) is 73.0 Å². The molecule has 0 aromatic carbocycles. The molecule has 25 nitrogen and oxygen atoms in total. The van der Waals surface area contributed by atoms with Crippen molar-refractivity contribution >= 4 is 63.8 Å². The molecular weight excluding hydrogens is 1440 g/mol. The van der Waals surface area contributed by atoms with Gasteiger partial charge in [0.1, 0.15) is 60.5 Å². The Bertz CT molecular complexity index is 3700. The van der Waals surface area contributed by atoms with Crippen LogP contribution in [-0.2, 0) is 100 Å². The fourth-order valence-corrected chi connectivity index (χ4v) is 23.2. The standard InChI is InChI=1S/C16H26O4.C16H26O3.C15H19NO4.C14H20O4.C13H20O5S.C10H16O4/c1-4-13(2,3)12(17)20-16-7-11-5-14(18,9-16)8-15(19,6-11)10-16;1-4-14(2,3)13(17)19-16-8-11-5-12(9-16)7-15(18,6-11)10-16;1-4-14(2,3)12(17)19-10-8-5-9-11(10)20-13(18)15(9,6-8)7-16;1-4-14(2,3)13(16)18-10-7-5-8-9(6-7)12(15)17-11(8)10;1-4-13(2,3)12(14)17-10-7-5-8-9(6-7)19(15,16)18-11(8)10;1-4-10(2,3)9(12)14-7-5-8(11)13-6-7/h11,18-19H,4-10H2,1-3H3;11-12,18H,4-10H2,1-3H3;8-11H,4-6H2,1-3H3;7-11H,4-6H2,1-3H3;7-11H,4-6H2,1-3H3;7H,4-6H2,1-3H3. The normalized spacial score (nSPS) is 40.5. The number of hydrogen-bond donors (Lipinski definition) is 3. The zero-order valence-corrected chi connectivity index (χ0v) is 69.4. The van der Waals surface area contributed by atoms with Gasteiger partial charge in [-0.15, -0.1) is 0 Å². The van der Waals surface area contributed by atoms with Crippen molar-refractivity contribution in [3.05, 3.63) is 0 Å². The van der Waals surface area contributed by atoms with Crippen molar-refractivity contribution in [2.45, 2.75) is 361 Å². The number of ether oxygens (including phenoxy) is 9. The van der Waals surface area contributed by atoms with Crippen molar-refractivity contribution in [3.63, 3.8) is 0 Å². The quantitative estimate of drug-likeness (QED) is 0.0652. The average Bonchev–Trinajstić information content (AvgIpc) is 1.27. The molecule has 0 radical (unpaired) electrons. The van der Waals surface area contributed by atoms with E-state index in [4.69, 9.17) is 46.8 Å². The molecule has 4 aliphatic heterocycles. The third-order valence-corrected chi connectivity index (χ3v) is 31.4. The second kappa shape index (κ2) is 30.0. The van der Waals surface area contributed by atoms with Gasteiger partial charge in [0.15, 0.2) is 5.41 Å². The summed E-state index contributed by atoms with van der Waals surface area (Å²) in [5.74, 6) is 0.231. The fraction of sp³-hybridized carbons (Fsp3) is 0.881. The Morgan fingerprint density at radius 3 is 1.36 bits per heavy atom. The van der Waals surface area contributed by atoms with Gasteiger partial charge in [0, 0.05) is 61.2 Å². The van der Waals surface area contributed by atoms with Crippen molar-refractivity contribution < 1.29 is 114 Å². The van der Waals surface area contributed by atoms with E-state index in [1.807, 2.05) is 125 Å². The van der Waals surface area contributed by atoms with Crippen LogP contribution in [0.1, 0.15) is 285 Å². The smallest absolute Gasteiger partial charge is 0.327 e. The predicted molar refractivity (Wildman–Crippen MR) is 395 cm³/mol. The molecule has 18 rings (SSSR count). The van der Waals surface area contributed by atoms with Gasteiger partial charge in [-0.25, -0.2) is 0 Å². The molecule has 14 aliphatic carbocycles. The fourth-order valence-electron chi connectivity index (χ4n) is 21.3. The highest BCUT2D eigenvalue weighted by atomic mass is 32.2. The number of aliphatic hydroxyl groups is 3. The summed E-state index contributed by atoms with van der Waals surface area (Å²) in [6.07, 6.45) is 16.0. The third-order valence-electron chi connectivity index (χ3n) is 29.6. The van der Waals surface area contributed by atoms with Crippen LogP contribution in [0.3, 0.4) is 0 Å². The van der Waals surface area contributed by atoms with Crippen molar-refractivity contribution in [1.82, 2.24) is 0 Å². The minimum atomic E-state index is -3.43. The van der Waals surface area contributed by atoms with E-state index in [1.165, 1.54) is 6.42 Å². The average molecular weight is 1570 g/mol. The molecule has 20 unspecified atom stereocenters. The van der Waals surface area contributed by atoms with E-state index >= 15 is 0 Å². The van der Waals surface area contributed by atoms with Crippen LogP contribution >= 0.6 is 0 Å². The van der Waals surface area contributed by atoms with Crippen LogP contribution in [0.15, 0.2) is 0 Å². The molecule has 26 heteroatoms. The summed E-state index contributed by atoms with van der Waals surface area (Å²) in [6.45, 7) is 34.5. The van der Waals surface area contributed by atoms with E-state index in [2.05, 4.69) is 6.07 Å². The lowest BCUT2D eigenvalue weighted by Crippen LogP contribution is -2.67. The van der Waals surface area contributed by atoms with E-state index in [0.29, 0.717) is 81.5 Å². The van der Waals surface area contributed by atoms with Crippen molar-refractivity contribution in [2.75, 3.05) is 6.61 Å². The van der Waals surface area contributed by atoms with E-state index in [1.54, 1.807) is 0 Å². The Labute approximate surface area is 650 Å². The maximum atomic E-state index is 12.4. The van der Waals surface area contributed by atoms with E-state index in [-0.39, 0.29) is 138 Å². The Hall–Kier alpha value is -5.49. The summed E-state index contributed by atoms with van der Waals surface area (Å²) in [4.78, 5) is 107. The number of nitriles is 1. The molecule has 0 aromatic heterocycles. The topological polar surface area (TPSA) is 365 Å². The number of cyclic esters (lactones) is 1. The highest BCUT2D eigenvalue weighted by Crippen LogP contribution is 2.65. The van der Waals surface area contributed by atoms with Gasteiger partial charge in [0.25, 0.3) is 10.1 Å². The van der Waals surface area contributed by atoms with Crippen LogP contribution in [0.25, 0.3) is 0 Å². The lowest BCUT2D eigenvalue weighted by molar-refractivity contribution is -0.264. The first-order valence-corrected chi connectivity index (χ1v) is 42.7. The molecule has 0 amide bonds. The number of hydrogen-bond acceptors (Lipinski definition) is 25. The number of carbonyl (C=O) groups excluding carboxylic acids is 9. The summed E-state index contributed by atoms with van der Waals surface area (Å²) >= 11 is 0. The Kier molecular flexibility index (Phi) is 23.3. The highest BCUT2D eigenvalue weighted by Gasteiger charge is 2.73. The first-order valence-electron chi connectivity index (χ1n) is 41.3. The third kappa shape index (κ3) is 16.4. The lowest BCUT2D eigenvalue weighted by Gasteiger charge is -2.62. The number of esters is 9. The van der Waals surface area contributed by atoms with Crippen molar-refractivity contribution in [1.29, 1.82) is 5.26 Å². The molecule has 14 saturated carbocycles. The van der Waals surface area contributed by atoms with Crippen molar-refractivity contribution in [2.24, 2.45) is 97.1 Å².